The van der Waals surface area contributed by atoms with E-state index in [0.717, 1.165) is 38.0 Å². The average Bonchev–Trinajstić information content (AvgIpc) is 2.63. The zero-order valence-electron chi connectivity index (χ0n) is 15.4. The van der Waals surface area contributed by atoms with Crippen LogP contribution in [0.4, 0.5) is 5.95 Å². The fourth-order valence-electron chi connectivity index (χ4n) is 3.40. The summed E-state index contributed by atoms with van der Waals surface area (Å²) in [6.07, 6.45) is 6.06. The topological polar surface area (TPSA) is 78.4 Å². The number of hydrogen-bond acceptors (Lipinski definition) is 5. The predicted molar refractivity (Wildman–Crippen MR) is 101 cm³/mol. The summed E-state index contributed by atoms with van der Waals surface area (Å²) in [4.78, 5) is 22.2. The van der Waals surface area contributed by atoms with Gasteiger partial charge in [-0.15, -0.1) is 0 Å². The van der Waals surface area contributed by atoms with Gasteiger partial charge in [-0.05, 0) is 56.8 Å². The number of benzene rings is 1. The normalized spacial score (nSPS) is 18.0. The van der Waals surface area contributed by atoms with E-state index in [0.29, 0.717) is 23.5 Å². The minimum Gasteiger partial charge on any atom is -0.478 e. The molecule has 0 aliphatic carbocycles. The van der Waals surface area contributed by atoms with Gasteiger partial charge < -0.3 is 10.4 Å². The number of aromatic nitrogens is 2. The van der Waals surface area contributed by atoms with Crippen LogP contribution in [-0.2, 0) is 6.54 Å². The van der Waals surface area contributed by atoms with Crippen molar-refractivity contribution >= 4 is 11.9 Å². The third-order valence-electron chi connectivity index (χ3n) is 4.66. The van der Waals surface area contributed by atoms with E-state index in [-0.39, 0.29) is 0 Å². The number of carboxylic acids is 1. The standard InChI is InChI=1S/C20H26N4O2/c1-14(2)23-20-21-10-15(11-22-20)12-24-9-3-4-18(13-24)16-5-7-17(8-6-16)19(25)26/h5-8,10-11,14,18H,3-4,9,12-13H2,1-2H3,(H,25,26)(H,21,22,23). The lowest BCUT2D eigenvalue weighted by Crippen LogP contribution is -2.34. The van der Waals surface area contributed by atoms with Gasteiger partial charge in [-0.25, -0.2) is 14.8 Å². The molecular formula is C20H26N4O2. The van der Waals surface area contributed by atoms with Crippen LogP contribution in [0.2, 0.25) is 0 Å². The summed E-state index contributed by atoms with van der Waals surface area (Å²) >= 11 is 0. The van der Waals surface area contributed by atoms with Crippen LogP contribution in [0.1, 0.15) is 54.1 Å². The first kappa shape index (κ1) is 18.3. The van der Waals surface area contributed by atoms with Crippen LogP contribution in [0.5, 0.6) is 0 Å². The molecule has 0 saturated carbocycles. The van der Waals surface area contributed by atoms with E-state index in [1.807, 2.05) is 24.5 Å². The molecule has 1 aliphatic heterocycles. The van der Waals surface area contributed by atoms with Crippen molar-refractivity contribution in [3.05, 3.63) is 53.3 Å². The Morgan fingerprint density at radius 1 is 1.27 bits per heavy atom. The van der Waals surface area contributed by atoms with Crippen molar-refractivity contribution in [1.82, 2.24) is 14.9 Å². The fraction of sp³-hybridized carbons (Fsp3) is 0.450. The highest BCUT2D eigenvalue weighted by molar-refractivity contribution is 5.87. The SMILES string of the molecule is CC(C)Nc1ncc(CN2CCCC(c3ccc(C(=O)O)cc3)C2)cn1. The quantitative estimate of drug-likeness (QED) is 0.828. The molecule has 1 aromatic carbocycles. The predicted octanol–water partition coefficient (Wildman–Crippen LogP) is 3.37. The zero-order chi connectivity index (χ0) is 18.5. The maximum Gasteiger partial charge on any atom is 0.335 e. The Hall–Kier alpha value is -2.47. The summed E-state index contributed by atoms with van der Waals surface area (Å²) in [5.74, 6) is 0.227. The first-order valence-electron chi connectivity index (χ1n) is 9.14. The molecule has 2 heterocycles. The number of carboxylic acid groups (broad SMARTS) is 1. The Bertz CT molecular complexity index is 728. The maximum atomic E-state index is 11.0. The van der Waals surface area contributed by atoms with E-state index >= 15 is 0 Å². The Morgan fingerprint density at radius 2 is 1.96 bits per heavy atom. The van der Waals surface area contributed by atoms with E-state index in [4.69, 9.17) is 5.11 Å². The van der Waals surface area contributed by atoms with Gasteiger partial charge in [0.15, 0.2) is 0 Å². The van der Waals surface area contributed by atoms with Crippen molar-refractivity contribution in [2.45, 2.75) is 45.2 Å². The van der Waals surface area contributed by atoms with E-state index < -0.39 is 5.97 Å². The average molecular weight is 354 g/mol. The van der Waals surface area contributed by atoms with E-state index in [1.54, 1.807) is 12.1 Å². The van der Waals surface area contributed by atoms with Gasteiger partial charge in [0.05, 0.1) is 5.56 Å². The molecule has 0 amide bonds. The molecule has 1 unspecified atom stereocenters. The molecule has 2 N–H and O–H groups in total. The number of likely N-dealkylation sites (tertiary alicyclic amines) is 1. The van der Waals surface area contributed by atoms with E-state index in [9.17, 15) is 4.79 Å². The van der Waals surface area contributed by atoms with Gasteiger partial charge in [0, 0.05) is 37.1 Å². The summed E-state index contributed by atoms with van der Waals surface area (Å²) in [6.45, 7) is 7.00. The second-order valence-corrected chi connectivity index (χ2v) is 7.22. The van der Waals surface area contributed by atoms with Crippen molar-refractivity contribution in [2.24, 2.45) is 0 Å². The van der Waals surface area contributed by atoms with Gasteiger partial charge in [0.1, 0.15) is 0 Å². The Labute approximate surface area is 154 Å². The van der Waals surface area contributed by atoms with Crippen LogP contribution in [0.15, 0.2) is 36.7 Å². The van der Waals surface area contributed by atoms with Crippen molar-refractivity contribution in [2.75, 3.05) is 18.4 Å². The number of nitrogens with one attached hydrogen (secondary N) is 1. The largest absolute Gasteiger partial charge is 0.478 e. The molecule has 6 nitrogen and oxygen atoms in total. The van der Waals surface area contributed by atoms with Gasteiger partial charge >= 0.3 is 5.97 Å². The summed E-state index contributed by atoms with van der Waals surface area (Å²) in [6, 6.07) is 7.62. The second-order valence-electron chi connectivity index (χ2n) is 7.22. The number of carbonyl (C=O) groups is 1. The fourth-order valence-corrected chi connectivity index (χ4v) is 3.40. The van der Waals surface area contributed by atoms with Crippen LogP contribution in [0.25, 0.3) is 0 Å². The molecule has 1 fully saturated rings. The van der Waals surface area contributed by atoms with Gasteiger partial charge in [-0.2, -0.15) is 0 Å². The highest BCUT2D eigenvalue weighted by Gasteiger charge is 2.21. The first-order chi connectivity index (χ1) is 12.5. The molecule has 1 aliphatic rings. The smallest absolute Gasteiger partial charge is 0.335 e. The van der Waals surface area contributed by atoms with Gasteiger partial charge in [-0.1, -0.05) is 12.1 Å². The van der Waals surface area contributed by atoms with Crippen LogP contribution in [0.3, 0.4) is 0 Å². The summed E-state index contributed by atoms with van der Waals surface area (Å²) < 4.78 is 0. The molecule has 26 heavy (non-hydrogen) atoms. The molecule has 138 valence electrons. The van der Waals surface area contributed by atoms with Crippen molar-refractivity contribution < 1.29 is 9.90 Å². The number of rotatable bonds is 6. The number of nitrogens with zero attached hydrogens (tertiary/aromatic N) is 3. The number of anilines is 1. The number of aromatic carboxylic acids is 1. The van der Waals surface area contributed by atoms with Crippen LogP contribution < -0.4 is 5.32 Å². The molecule has 6 heteroatoms. The van der Waals surface area contributed by atoms with Gasteiger partial charge in [0.25, 0.3) is 0 Å². The lowest BCUT2D eigenvalue weighted by atomic mass is 9.90. The van der Waals surface area contributed by atoms with Crippen molar-refractivity contribution in [3.63, 3.8) is 0 Å². The molecule has 1 atom stereocenters. The van der Waals surface area contributed by atoms with Crippen LogP contribution >= 0.6 is 0 Å². The number of hydrogen-bond donors (Lipinski definition) is 2. The molecule has 0 bridgehead atoms. The lowest BCUT2D eigenvalue weighted by molar-refractivity contribution is 0.0697. The number of piperidine rings is 1. The van der Waals surface area contributed by atoms with Crippen molar-refractivity contribution in [1.29, 1.82) is 0 Å². The van der Waals surface area contributed by atoms with Crippen LogP contribution in [0, 0.1) is 0 Å². The highest BCUT2D eigenvalue weighted by Crippen LogP contribution is 2.28. The third-order valence-corrected chi connectivity index (χ3v) is 4.66. The minimum atomic E-state index is -0.878. The third kappa shape index (κ3) is 4.79. The zero-order valence-corrected chi connectivity index (χ0v) is 15.4. The second kappa shape index (κ2) is 8.27. The summed E-state index contributed by atoms with van der Waals surface area (Å²) in [5, 5.41) is 12.2. The Morgan fingerprint density at radius 3 is 2.58 bits per heavy atom. The molecule has 0 radical (unpaired) electrons. The van der Waals surface area contributed by atoms with Crippen molar-refractivity contribution in [3.8, 4) is 0 Å². The molecule has 0 spiro atoms. The lowest BCUT2D eigenvalue weighted by Gasteiger charge is -2.33. The maximum absolute atomic E-state index is 11.0. The first-order valence-corrected chi connectivity index (χ1v) is 9.14. The highest BCUT2D eigenvalue weighted by atomic mass is 16.4. The minimum absolute atomic E-state index is 0.316. The molecular weight excluding hydrogens is 328 g/mol. The molecule has 3 rings (SSSR count). The Balaban J connectivity index is 1.60. The molecule has 1 aromatic heterocycles. The molecule has 2 aromatic rings. The van der Waals surface area contributed by atoms with E-state index in [2.05, 4.69) is 34.0 Å². The van der Waals surface area contributed by atoms with Gasteiger partial charge in [-0.3, -0.25) is 4.90 Å². The monoisotopic (exact) mass is 354 g/mol. The summed E-state index contributed by atoms with van der Waals surface area (Å²) in [5.41, 5.74) is 2.67. The van der Waals surface area contributed by atoms with Crippen LogP contribution in [-0.4, -0.2) is 45.1 Å². The van der Waals surface area contributed by atoms with E-state index in [1.165, 1.54) is 5.56 Å². The Kier molecular flexibility index (Phi) is 5.83. The van der Waals surface area contributed by atoms with Gasteiger partial charge in [0.2, 0.25) is 5.95 Å². The summed E-state index contributed by atoms with van der Waals surface area (Å²) in [7, 11) is 0. The molecule has 1 saturated heterocycles.